The zero-order valence-electron chi connectivity index (χ0n) is 10.4. The fraction of sp³-hybridized carbons (Fsp3) is 0.462. The number of carbonyl (C=O) groups excluding carboxylic acids is 1. The fourth-order valence-electron chi connectivity index (χ4n) is 1.37. The predicted octanol–water partition coefficient (Wildman–Crippen LogP) is 2.46. The Bertz CT molecular complexity index is 387. The molecule has 3 nitrogen and oxygen atoms in total. The molecule has 1 amide bonds. The Balaban J connectivity index is 2.27. The standard InChI is InChI=1S/C13H18ClNO2S/c1-10(6-7-16)18-9-13(17)15-8-11-4-2-3-5-12(11)14/h2-5,10,16H,6-9H2,1H3,(H,15,17). The van der Waals surface area contributed by atoms with Crippen molar-refractivity contribution in [2.24, 2.45) is 0 Å². The molecule has 1 aromatic carbocycles. The quantitative estimate of drug-likeness (QED) is 0.810. The molecule has 1 atom stereocenters. The molecule has 0 bridgehead atoms. The van der Waals surface area contributed by atoms with Crippen LogP contribution in [-0.2, 0) is 11.3 Å². The van der Waals surface area contributed by atoms with Crippen LogP contribution in [0.4, 0.5) is 0 Å². The van der Waals surface area contributed by atoms with E-state index >= 15 is 0 Å². The van der Waals surface area contributed by atoms with E-state index in [0.717, 1.165) is 5.56 Å². The summed E-state index contributed by atoms with van der Waals surface area (Å²) in [6.07, 6.45) is 0.711. The maximum atomic E-state index is 11.6. The number of nitrogens with one attached hydrogen (secondary N) is 1. The van der Waals surface area contributed by atoms with Crippen LogP contribution in [0.1, 0.15) is 18.9 Å². The van der Waals surface area contributed by atoms with Crippen molar-refractivity contribution in [3.05, 3.63) is 34.9 Å². The number of benzene rings is 1. The van der Waals surface area contributed by atoms with Crippen LogP contribution in [-0.4, -0.2) is 28.6 Å². The van der Waals surface area contributed by atoms with Crippen LogP contribution >= 0.6 is 23.4 Å². The summed E-state index contributed by atoms with van der Waals surface area (Å²) in [5.41, 5.74) is 0.918. The molecule has 0 aromatic heterocycles. The molecule has 18 heavy (non-hydrogen) atoms. The number of halogens is 1. The van der Waals surface area contributed by atoms with Crippen LogP contribution in [0.5, 0.6) is 0 Å². The van der Waals surface area contributed by atoms with Gasteiger partial charge in [-0.25, -0.2) is 0 Å². The lowest BCUT2D eigenvalue weighted by Gasteiger charge is -2.10. The average molecular weight is 288 g/mol. The van der Waals surface area contributed by atoms with Gasteiger partial charge in [0.1, 0.15) is 0 Å². The number of hydrogen-bond donors (Lipinski definition) is 2. The largest absolute Gasteiger partial charge is 0.396 e. The van der Waals surface area contributed by atoms with Gasteiger partial charge in [-0.15, -0.1) is 11.8 Å². The summed E-state index contributed by atoms with van der Waals surface area (Å²) in [5.74, 6) is 0.399. The number of aliphatic hydroxyl groups excluding tert-OH is 1. The SMILES string of the molecule is CC(CCO)SCC(=O)NCc1ccccc1Cl. The van der Waals surface area contributed by atoms with E-state index in [1.165, 1.54) is 0 Å². The van der Waals surface area contributed by atoms with Crippen molar-refractivity contribution >= 4 is 29.3 Å². The minimum Gasteiger partial charge on any atom is -0.396 e. The van der Waals surface area contributed by atoms with Gasteiger partial charge < -0.3 is 10.4 Å². The van der Waals surface area contributed by atoms with Gasteiger partial charge in [0, 0.05) is 23.4 Å². The van der Waals surface area contributed by atoms with Crippen molar-refractivity contribution in [3.8, 4) is 0 Å². The number of carbonyl (C=O) groups is 1. The molecule has 1 unspecified atom stereocenters. The topological polar surface area (TPSA) is 49.3 Å². The number of amides is 1. The van der Waals surface area contributed by atoms with E-state index in [1.54, 1.807) is 17.8 Å². The van der Waals surface area contributed by atoms with Crippen LogP contribution < -0.4 is 5.32 Å². The molecular formula is C13H18ClNO2S. The van der Waals surface area contributed by atoms with Gasteiger partial charge in [-0.2, -0.15) is 0 Å². The molecule has 100 valence electrons. The van der Waals surface area contributed by atoms with Crippen molar-refractivity contribution in [1.29, 1.82) is 0 Å². The molecular weight excluding hydrogens is 270 g/mol. The molecule has 0 saturated heterocycles. The number of thioether (sulfide) groups is 1. The summed E-state index contributed by atoms with van der Waals surface area (Å²) < 4.78 is 0. The molecule has 0 heterocycles. The van der Waals surface area contributed by atoms with E-state index < -0.39 is 0 Å². The fourth-order valence-corrected chi connectivity index (χ4v) is 2.38. The molecule has 0 aliphatic heterocycles. The molecule has 0 saturated carbocycles. The monoisotopic (exact) mass is 287 g/mol. The summed E-state index contributed by atoms with van der Waals surface area (Å²) >= 11 is 7.54. The third-order valence-electron chi connectivity index (χ3n) is 2.47. The van der Waals surface area contributed by atoms with Crippen LogP contribution in [0.2, 0.25) is 5.02 Å². The number of aliphatic hydroxyl groups is 1. The Morgan fingerprint density at radius 1 is 1.50 bits per heavy atom. The molecule has 1 rings (SSSR count). The van der Waals surface area contributed by atoms with Gasteiger partial charge >= 0.3 is 0 Å². The number of hydrogen-bond acceptors (Lipinski definition) is 3. The van der Waals surface area contributed by atoms with Gasteiger partial charge in [-0.3, -0.25) is 4.79 Å². The predicted molar refractivity (Wildman–Crippen MR) is 76.9 cm³/mol. The summed E-state index contributed by atoms with van der Waals surface area (Å²) in [7, 11) is 0. The Morgan fingerprint density at radius 2 is 2.22 bits per heavy atom. The van der Waals surface area contributed by atoms with Gasteiger partial charge in [0.25, 0.3) is 0 Å². The molecule has 0 aliphatic carbocycles. The van der Waals surface area contributed by atoms with Crippen LogP contribution in [0.15, 0.2) is 24.3 Å². The lowest BCUT2D eigenvalue weighted by molar-refractivity contribution is -0.118. The Labute approximate surface area is 117 Å². The zero-order chi connectivity index (χ0) is 13.4. The minimum absolute atomic E-state index is 0.00953. The van der Waals surface area contributed by atoms with Gasteiger partial charge in [0.05, 0.1) is 5.75 Å². The van der Waals surface area contributed by atoms with Crippen LogP contribution in [0, 0.1) is 0 Å². The average Bonchev–Trinajstić information content (AvgIpc) is 2.36. The van der Waals surface area contributed by atoms with Crippen molar-refractivity contribution in [1.82, 2.24) is 5.32 Å². The normalized spacial score (nSPS) is 12.2. The van der Waals surface area contributed by atoms with Gasteiger partial charge in [-0.1, -0.05) is 36.7 Å². The van der Waals surface area contributed by atoms with Gasteiger partial charge in [-0.05, 0) is 18.1 Å². The zero-order valence-corrected chi connectivity index (χ0v) is 11.9. The Morgan fingerprint density at radius 3 is 2.89 bits per heavy atom. The third kappa shape index (κ3) is 5.76. The van der Waals surface area contributed by atoms with Crippen molar-refractivity contribution in [3.63, 3.8) is 0 Å². The lowest BCUT2D eigenvalue weighted by Crippen LogP contribution is -2.25. The molecule has 1 aromatic rings. The Hall–Kier alpha value is -0.710. The highest BCUT2D eigenvalue weighted by molar-refractivity contribution is 8.00. The molecule has 2 N–H and O–H groups in total. The van der Waals surface area contributed by atoms with E-state index in [0.29, 0.717) is 29.0 Å². The van der Waals surface area contributed by atoms with Gasteiger partial charge in [0.2, 0.25) is 5.91 Å². The van der Waals surface area contributed by atoms with Gasteiger partial charge in [0.15, 0.2) is 0 Å². The highest BCUT2D eigenvalue weighted by atomic mass is 35.5. The molecule has 0 radical (unpaired) electrons. The lowest BCUT2D eigenvalue weighted by atomic mass is 10.2. The minimum atomic E-state index is -0.00953. The first kappa shape index (κ1) is 15.3. The molecule has 5 heteroatoms. The van der Waals surface area contributed by atoms with Crippen LogP contribution in [0.25, 0.3) is 0 Å². The molecule has 0 spiro atoms. The highest BCUT2D eigenvalue weighted by Crippen LogP contribution is 2.15. The second-order valence-corrected chi connectivity index (χ2v) is 5.84. The summed E-state index contributed by atoms with van der Waals surface area (Å²) in [6.45, 7) is 2.62. The first-order chi connectivity index (χ1) is 8.63. The van der Waals surface area contributed by atoms with E-state index in [-0.39, 0.29) is 12.5 Å². The van der Waals surface area contributed by atoms with Crippen molar-refractivity contribution < 1.29 is 9.90 Å². The highest BCUT2D eigenvalue weighted by Gasteiger charge is 2.07. The van der Waals surface area contributed by atoms with E-state index in [4.69, 9.17) is 16.7 Å². The third-order valence-corrected chi connectivity index (χ3v) is 4.07. The molecule has 0 fully saturated rings. The second kappa shape index (κ2) is 8.40. The second-order valence-electron chi connectivity index (χ2n) is 4.00. The first-order valence-corrected chi connectivity index (χ1v) is 7.28. The Kier molecular flexibility index (Phi) is 7.16. The van der Waals surface area contributed by atoms with E-state index in [1.807, 2.05) is 25.1 Å². The summed E-state index contributed by atoms with van der Waals surface area (Å²) in [6, 6.07) is 7.46. The summed E-state index contributed by atoms with van der Waals surface area (Å²) in [4.78, 5) is 11.6. The molecule has 0 aliphatic rings. The first-order valence-electron chi connectivity index (χ1n) is 5.86. The smallest absolute Gasteiger partial charge is 0.230 e. The summed E-state index contributed by atoms with van der Waals surface area (Å²) in [5, 5.41) is 12.5. The van der Waals surface area contributed by atoms with E-state index in [9.17, 15) is 4.79 Å². The van der Waals surface area contributed by atoms with Crippen LogP contribution in [0.3, 0.4) is 0 Å². The van der Waals surface area contributed by atoms with Crippen molar-refractivity contribution in [2.75, 3.05) is 12.4 Å². The maximum Gasteiger partial charge on any atom is 0.230 e. The van der Waals surface area contributed by atoms with E-state index in [2.05, 4.69) is 5.32 Å². The maximum absolute atomic E-state index is 11.6. The van der Waals surface area contributed by atoms with Crippen molar-refractivity contribution in [2.45, 2.75) is 25.1 Å². The number of rotatable bonds is 7.